The fourth-order valence-electron chi connectivity index (χ4n) is 3.17. The molecular weight excluding hydrogens is 238 g/mol. The zero-order chi connectivity index (χ0) is 13.7. The van der Waals surface area contributed by atoms with Crippen molar-refractivity contribution in [3.8, 4) is 5.75 Å². The predicted molar refractivity (Wildman–Crippen MR) is 77.1 cm³/mol. The maximum Gasteiger partial charge on any atom is 0.125 e. The summed E-state index contributed by atoms with van der Waals surface area (Å²) in [6.45, 7) is 3.11. The second-order valence-electron chi connectivity index (χ2n) is 5.50. The Morgan fingerprint density at radius 1 is 1.26 bits per heavy atom. The number of nitrogens with two attached hydrogens (primary N) is 1. The molecule has 0 radical (unpaired) electrons. The summed E-state index contributed by atoms with van der Waals surface area (Å²) in [6.07, 6.45) is 5.05. The molecule has 3 nitrogen and oxygen atoms in total. The lowest BCUT2D eigenvalue weighted by atomic mass is 9.68. The van der Waals surface area contributed by atoms with Crippen molar-refractivity contribution in [1.29, 1.82) is 0 Å². The highest BCUT2D eigenvalue weighted by Gasteiger charge is 2.39. The third-order valence-corrected chi connectivity index (χ3v) is 4.35. The van der Waals surface area contributed by atoms with Crippen LogP contribution in [0.3, 0.4) is 0 Å². The fourth-order valence-corrected chi connectivity index (χ4v) is 3.17. The summed E-state index contributed by atoms with van der Waals surface area (Å²) < 4.78 is 5.64. The quantitative estimate of drug-likeness (QED) is 0.858. The molecule has 0 heterocycles. The standard InChI is InChI=1S/C16H25NO2/c1-2-19-14-9-5-4-8-13(14)15(18)16(12-17)10-6-3-7-11-16/h4-5,8-9,15,18H,2-3,6-7,10-12,17H2,1H3. The number of para-hydroxylation sites is 1. The van der Waals surface area contributed by atoms with Crippen LogP contribution in [0.1, 0.15) is 50.7 Å². The number of benzene rings is 1. The zero-order valence-electron chi connectivity index (χ0n) is 11.8. The van der Waals surface area contributed by atoms with Crippen LogP contribution in [0, 0.1) is 5.41 Å². The van der Waals surface area contributed by atoms with Gasteiger partial charge in [-0.2, -0.15) is 0 Å². The molecule has 0 aliphatic heterocycles. The molecule has 0 bridgehead atoms. The van der Waals surface area contributed by atoms with Gasteiger partial charge in [0.15, 0.2) is 0 Å². The van der Waals surface area contributed by atoms with Gasteiger partial charge in [0, 0.05) is 17.5 Å². The van der Waals surface area contributed by atoms with Gasteiger partial charge in [-0.1, -0.05) is 37.5 Å². The fraction of sp³-hybridized carbons (Fsp3) is 0.625. The van der Waals surface area contributed by atoms with Crippen LogP contribution in [-0.2, 0) is 0 Å². The first-order valence-electron chi connectivity index (χ1n) is 7.33. The molecule has 0 spiro atoms. The molecule has 1 atom stereocenters. The average Bonchev–Trinajstić information content (AvgIpc) is 2.48. The molecule has 1 aliphatic carbocycles. The number of aliphatic hydroxyl groups excluding tert-OH is 1. The highest BCUT2D eigenvalue weighted by Crippen LogP contribution is 2.47. The summed E-state index contributed by atoms with van der Waals surface area (Å²) in [5, 5.41) is 10.8. The van der Waals surface area contributed by atoms with Crippen LogP contribution in [0.4, 0.5) is 0 Å². The number of ether oxygens (including phenoxy) is 1. The van der Waals surface area contributed by atoms with Crippen LogP contribution < -0.4 is 10.5 Å². The van der Waals surface area contributed by atoms with Crippen LogP contribution in [-0.4, -0.2) is 18.3 Å². The van der Waals surface area contributed by atoms with Gasteiger partial charge in [0.05, 0.1) is 12.7 Å². The molecule has 0 saturated heterocycles. The monoisotopic (exact) mass is 263 g/mol. The second kappa shape index (κ2) is 6.40. The topological polar surface area (TPSA) is 55.5 Å². The summed E-state index contributed by atoms with van der Waals surface area (Å²) in [5.74, 6) is 0.788. The van der Waals surface area contributed by atoms with Gasteiger partial charge in [0.25, 0.3) is 0 Å². The van der Waals surface area contributed by atoms with Gasteiger partial charge in [-0.3, -0.25) is 0 Å². The smallest absolute Gasteiger partial charge is 0.125 e. The van der Waals surface area contributed by atoms with E-state index in [0.29, 0.717) is 13.2 Å². The van der Waals surface area contributed by atoms with Gasteiger partial charge in [0.2, 0.25) is 0 Å². The van der Waals surface area contributed by atoms with E-state index >= 15 is 0 Å². The molecule has 2 rings (SSSR count). The largest absolute Gasteiger partial charge is 0.493 e. The Morgan fingerprint density at radius 2 is 1.95 bits per heavy atom. The van der Waals surface area contributed by atoms with E-state index < -0.39 is 6.10 Å². The van der Waals surface area contributed by atoms with E-state index in [-0.39, 0.29) is 5.41 Å². The zero-order valence-corrected chi connectivity index (χ0v) is 11.8. The number of aliphatic hydroxyl groups is 1. The molecule has 1 saturated carbocycles. The van der Waals surface area contributed by atoms with Gasteiger partial charge >= 0.3 is 0 Å². The molecular formula is C16H25NO2. The molecule has 1 aromatic carbocycles. The van der Waals surface area contributed by atoms with Crippen molar-refractivity contribution in [2.75, 3.05) is 13.2 Å². The van der Waals surface area contributed by atoms with Crippen LogP contribution in [0.15, 0.2) is 24.3 Å². The Labute approximate surface area is 115 Å². The lowest BCUT2D eigenvalue weighted by Crippen LogP contribution is -2.38. The number of hydrogen-bond donors (Lipinski definition) is 2. The lowest BCUT2D eigenvalue weighted by Gasteiger charge is -2.40. The van der Waals surface area contributed by atoms with Crippen molar-refractivity contribution in [1.82, 2.24) is 0 Å². The molecule has 1 fully saturated rings. The Balaban J connectivity index is 2.28. The highest BCUT2D eigenvalue weighted by atomic mass is 16.5. The Morgan fingerprint density at radius 3 is 2.58 bits per heavy atom. The maximum absolute atomic E-state index is 10.8. The average molecular weight is 263 g/mol. The second-order valence-corrected chi connectivity index (χ2v) is 5.50. The molecule has 1 aliphatic rings. The Hall–Kier alpha value is -1.06. The summed E-state index contributed by atoms with van der Waals surface area (Å²) in [6, 6.07) is 7.78. The van der Waals surface area contributed by atoms with E-state index in [2.05, 4.69) is 0 Å². The van der Waals surface area contributed by atoms with Crippen molar-refractivity contribution in [2.24, 2.45) is 11.1 Å². The Bertz CT molecular complexity index is 399. The summed E-state index contributed by atoms with van der Waals surface area (Å²) in [4.78, 5) is 0. The predicted octanol–water partition coefficient (Wildman–Crippen LogP) is 3.03. The van der Waals surface area contributed by atoms with E-state index in [1.165, 1.54) is 6.42 Å². The van der Waals surface area contributed by atoms with Crippen LogP contribution in [0.25, 0.3) is 0 Å². The maximum atomic E-state index is 10.8. The molecule has 106 valence electrons. The SMILES string of the molecule is CCOc1ccccc1C(O)C1(CN)CCCCC1. The van der Waals surface area contributed by atoms with Gasteiger partial charge in [-0.05, 0) is 25.8 Å². The van der Waals surface area contributed by atoms with E-state index in [4.69, 9.17) is 10.5 Å². The Kier molecular flexibility index (Phi) is 4.83. The van der Waals surface area contributed by atoms with Crippen LogP contribution in [0.5, 0.6) is 5.75 Å². The molecule has 0 aromatic heterocycles. The summed E-state index contributed by atoms with van der Waals surface area (Å²) in [5.41, 5.74) is 6.71. The van der Waals surface area contributed by atoms with Crippen molar-refractivity contribution in [2.45, 2.75) is 45.1 Å². The highest BCUT2D eigenvalue weighted by molar-refractivity contribution is 5.36. The van der Waals surface area contributed by atoms with Crippen LogP contribution in [0.2, 0.25) is 0 Å². The molecule has 0 amide bonds. The minimum atomic E-state index is -0.527. The van der Waals surface area contributed by atoms with Gasteiger partial charge in [-0.15, -0.1) is 0 Å². The molecule has 3 N–H and O–H groups in total. The van der Waals surface area contributed by atoms with Gasteiger partial charge in [-0.25, -0.2) is 0 Å². The van der Waals surface area contributed by atoms with Crippen LogP contribution >= 0.6 is 0 Å². The minimum Gasteiger partial charge on any atom is -0.493 e. The summed E-state index contributed by atoms with van der Waals surface area (Å²) >= 11 is 0. The van der Waals surface area contributed by atoms with E-state index in [9.17, 15) is 5.11 Å². The van der Waals surface area contributed by atoms with Crippen molar-refractivity contribution >= 4 is 0 Å². The molecule has 19 heavy (non-hydrogen) atoms. The normalized spacial score (nSPS) is 19.9. The van der Waals surface area contributed by atoms with Gasteiger partial charge in [0.1, 0.15) is 5.75 Å². The third kappa shape index (κ3) is 2.93. The first kappa shape index (κ1) is 14.4. The molecule has 1 aromatic rings. The van der Waals surface area contributed by atoms with E-state index in [1.54, 1.807) is 0 Å². The number of hydrogen-bond acceptors (Lipinski definition) is 3. The van der Waals surface area contributed by atoms with E-state index in [1.807, 2.05) is 31.2 Å². The summed E-state index contributed by atoms with van der Waals surface area (Å²) in [7, 11) is 0. The van der Waals surface area contributed by atoms with Crippen molar-refractivity contribution in [3.05, 3.63) is 29.8 Å². The third-order valence-electron chi connectivity index (χ3n) is 4.35. The molecule has 1 unspecified atom stereocenters. The molecule has 3 heteroatoms. The van der Waals surface area contributed by atoms with E-state index in [0.717, 1.165) is 37.0 Å². The van der Waals surface area contributed by atoms with Gasteiger partial charge < -0.3 is 15.6 Å². The first-order chi connectivity index (χ1) is 9.23. The minimum absolute atomic E-state index is 0.175. The first-order valence-corrected chi connectivity index (χ1v) is 7.33. The van der Waals surface area contributed by atoms with Crippen molar-refractivity contribution < 1.29 is 9.84 Å². The lowest BCUT2D eigenvalue weighted by molar-refractivity contribution is -0.000964. The van der Waals surface area contributed by atoms with Crippen molar-refractivity contribution in [3.63, 3.8) is 0 Å². The number of rotatable bonds is 5.